The lowest BCUT2D eigenvalue weighted by Gasteiger charge is -2.47. The Kier molecular flexibility index (Phi) is 10.0. The third kappa shape index (κ3) is 8.84. The van der Waals surface area contributed by atoms with Crippen LogP contribution in [0.5, 0.6) is 23.0 Å². The third-order valence-electron chi connectivity index (χ3n) is 7.88. The number of ether oxygens (including phenoxy) is 6. The quantitative estimate of drug-likeness (QED) is 0.310. The van der Waals surface area contributed by atoms with Crippen LogP contribution < -0.4 is 29.6 Å². The Morgan fingerprint density at radius 3 is 1.47 bits per heavy atom. The number of benzene rings is 2. The van der Waals surface area contributed by atoms with E-state index in [0.29, 0.717) is 35.8 Å². The maximum absolute atomic E-state index is 13.3. The van der Waals surface area contributed by atoms with Crippen molar-refractivity contribution in [2.45, 2.75) is 90.5 Å². The van der Waals surface area contributed by atoms with Crippen molar-refractivity contribution in [1.82, 2.24) is 10.6 Å². The number of amides is 2. The number of nitrogens with one attached hydrogen (secondary N) is 2. The molecule has 2 aromatic carbocycles. The topological polar surface area (TPSA) is 114 Å². The Labute approximate surface area is 255 Å². The van der Waals surface area contributed by atoms with E-state index in [9.17, 15) is 9.59 Å². The van der Waals surface area contributed by atoms with E-state index in [4.69, 9.17) is 28.4 Å². The van der Waals surface area contributed by atoms with Gasteiger partial charge < -0.3 is 39.1 Å². The number of alkyl carbamates (subject to hydrolysis) is 2. The lowest BCUT2D eigenvalue weighted by molar-refractivity contribution is 0.0168. The molecule has 1 aliphatic carbocycles. The smallest absolute Gasteiger partial charge is 0.408 e. The molecule has 1 aliphatic rings. The highest BCUT2D eigenvalue weighted by atomic mass is 16.6. The molecule has 43 heavy (non-hydrogen) atoms. The summed E-state index contributed by atoms with van der Waals surface area (Å²) < 4.78 is 33.4. The molecule has 0 heterocycles. The van der Waals surface area contributed by atoms with Crippen molar-refractivity contribution < 1.29 is 38.0 Å². The second kappa shape index (κ2) is 12.8. The second-order valence-electron chi connectivity index (χ2n) is 13.3. The van der Waals surface area contributed by atoms with E-state index >= 15 is 0 Å². The molecule has 10 heteroatoms. The number of hydrogen-bond acceptors (Lipinski definition) is 8. The highest BCUT2D eigenvalue weighted by molar-refractivity contribution is 5.70. The van der Waals surface area contributed by atoms with Gasteiger partial charge >= 0.3 is 12.2 Å². The van der Waals surface area contributed by atoms with Crippen LogP contribution in [0.3, 0.4) is 0 Å². The van der Waals surface area contributed by atoms with Crippen molar-refractivity contribution in [1.29, 1.82) is 0 Å². The second-order valence-corrected chi connectivity index (χ2v) is 13.3. The molecule has 2 N–H and O–H groups in total. The highest BCUT2D eigenvalue weighted by Crippen LogP contribution is 2.42. The fourth-order valence-electron chi connectivity index (χ4n) is 6.04. The summed E-state index contributed by atoms with van der Waals surface area (Å²) in [6, 6.07) is 10.5. The van der Waals surface area contributed by atoms with Crippen molar-refractivity contribution in [2.75, 3.05) is 28.4 Å². The summed E-state index contributed by atoms with van der Waals surface area (Å²) in [4.78, 5) is 26.4. The molecule has 2 unspecified atom stereocenters. The summed E-state index contributed by atoms with van der Waals surface area (Å²) in [6.07, 6.45) is 0.817. The normalized spacial score (nSPS) is 19.9. The number of carbonyl (C=O) groups is 2. The SMILES string of the molecule is COc1cc(OC)cc(C(C)(C)OC(=O)NC2CC(C)(C)CC(C)(NC(=O)OC(C)(C)c3cc(OC)cc(OC)c3)C2)c1. The summed E-state index contributed by atoms with van der Waals surface area (Å²) in [6.45, 7) is 13.5. The Balaban J connectivity index is 1.70. The van der Waals surface area contributed by atoms with Crippen molar-refractivity contribution in [3.63, 3.8) is 0 Å². The number of carbonyl (C=O) groups excluding carboxylic acids is 2. The van der Waals surface area contributed by atoms with Crippen molar-refractivity contribution in [3.8, 4) is 23.0 Å². The van der Waals surface area contributed by atoms with E-state index in [1.54, 1.807) is 40.6 Å². The summed E-state index contributed by atoms with van der Waals surface area (Å²) in [5, 5.41) is 6.13. The van der Waals surface area contributed by atoms with Crippen LogP contribution in [0.15, 0.2) is 36.4 Å². The van der Waals surface area contributed by atoms with Gasteiger partial charge in [-0.15, -0.1) is 0 Å². The van der Waals surface area contributed by atoms with Crippen LogP contribution in [-0.2, 0) is 20.7 Å². The van der Waals surface area contributed by atoms with Gasteiger partial charge in [0.15, 0.2) is 0 Å². The molecular formula is C33H48N2O8. The molecule has 10 nitrogen and oxygen atoms in total. The molecule has 0 aromatic heterocycles. The molecular weight excluding hydrogens is 552 g/mol. The van der Waals surface area contributed by atoms with Gasteiger partial charge in [0, 0.05) is 34.8 Å². The van der Waals surface area contributed by atoms with Crippen LogP contribution in [0.4, 0.5) is 9.59 Å². The van der Waals surface area contributed by atoms with Crippen LogP contribution in [0.1, 0.15) is 78.9 Å². The number of hydrogen-bond donors (Lipinski definition) is 2. The van der Waals surface area contributed by atoms with Gasteiger partial charge in [0.05, 0.1) is 28.4 Å². The van der Waals surface area contributed by atoms with Crippen LogP contribution in [-0.4, -0.2) is 52.2 Å². The Hall–Kier alpha value is -3.82. The number of rotatable bonds is 10. The average Bonchev–Trinajstić information content (AvgIpc) is 2.89. The first kappa shape index (κ1) is 33.7. The predicted octanol–water partition coefficient (Wildman–Crippen LogP) is 6.68. The monoisotopic (exact) mass is 600 g/mol. The van der Waals surface area contributed by atoms with Crippen LogP contribution >= 0.6 is 0 Å². The van der Waals surface area contributed by atoms with Gasteiger partial charge in [-0.1, -0.05) is 13.8 Å². The molecule has 0 radical (unpaired) electrons. The Morgan fingerprint density at radius 2 is 1.07 bits per heavy atom. The van der Waals surface area contributed by atoms with E-state index in [-0.39, 0.29) is 11.5 Å². The molecule has 0 saturated heterocycles. The Morgan fingerprint density at radius 1 is 0.674 bits per heavy atom. The summed E-state index contributed by atoms with van der Waals surface area (Å²) in [7, 11) is 6.29. The van der Waals surface area contributed by atoms with Crippen molar-refractivity contribution in [2.24, 2.45) is 5.41 Å². The minimum atomic E-state index is -0.970. The molecule has 0 spiro atoms. The minimum Gasteiger partial charge on any atom is -0.497 e. The third-order valence-corrected chi connectivity index (χ3v) is 7.88. The zero-order valence-corrected chi connectivity index (χ0v) is 27.4. The average molecular weight is 601 g/mol. The number of methoxy groups -OCH3 is 4. The first-order valence-corrected chi connectivity index (χ1v) is 14.4. The van der Waals surface area contributed by atoms with Crippen LogP contribution in [0.25, 0.3) is 0 Å². The fourth-order valence-corrected chi connectivity index (χ4v) is 6.04. The van der Waals surface area contributed by atoms with E-state index in [1.807, 2.05) is 58.9 Å². The first-order chi connectivity index (χ1) is 19.9. The van der Waals surface area contributed by atoms with Gasteiger partial charge in [-0.05, 0) is 83.6 Å². The lowest BCUT2D eigenvalue weighted by Crippen LogP contribution is -2.58. The Bertz CT molecular complexity index is 1260. The largest absolute Gasteiger partial charge is 0.497 e. The summed E-state index contributed by atoms with van der Waals surface area (Å²) >= 11 is 0. The van der Waals surface area contributed by atoms with Gasteiger partial charge in [-0.25, -0.2) is 9.59 Å². The first-order valence-electron chi connectivity index (χ1n) is 14.4. The zero-order chi connectivity index (χ0) is 32.2. The van der Waals surface area contributed by atoms with Gasteiger partial charge in [-0.3, -0.25) is 0 Å². The van der Waals surface area contributed by atoms with Gasteiger partial charge in [0.2, 0.25) is 0 Å². The standard InChI is InChI=1S/C33H48N2O8/c1-30(2)18-23(34-28(36)42-31(3,4)21-12-24(38-8)16-25(13-21)39-9)19-33(7,20-30)35-29(37)43-32(5,6)22-14-26(40-10)17-27(15-22)41-11/h12-17,23H,18-20H2,1-11H3,(H,34,36)(H,35,37). The lowest BCUT2D eigenvalue weighted by atomic mass is 9.67. The molecule has 2 amide bonds. The molecule has 0 aliphatic heterocycles. The van der Waals surface area contributed by atoms with E-state index in [0.717, 1.165) is 17.5 Å². The van der Waals surface area contributed by atoms with E-state index < -0.39 is 28.9 Å². The maximum atomic E-state index is 13.3. The van der Waals surface area contributed by atoms with Crippen molar-refractivity contribution >= 4 is 12.2 Å². The predicted molar refractivity (Wildman–Crippen MR) is 164 cm³/mol. The van der Waals surface area contributed by atoms with E-state index in [2.05, 4.69) is 24.5 Å². The van der Waals surface area contributed by atoms with Gasteiger partial charge in [0.1, 0.15) is 34.2 Å². The molecule has 2 atom stereocenters. The van der Waals surface area contributed by atoms with Gasteiger partial charge in [0.25, 0.3) is 0 Å². The van der Waals surface area contributed by atoms with E-state index in [1.165, 1.54) is 0 Å². The summed E-state index contributed by atoms with van der Waals surface area (Å²) in [5.74, 6) is 2.40. The molecule has 1 fully saturated rings. The van der Waals surface area contributed by atoms with Crippen molar-refractivity contribution in [3.05, 3.63) is 47.5 Å². The zero-order valence-electron chi connectivity index (χ0n) is 27.4. The molecule has 1 saturated carbocycles. The van der Waals surface area contributed by atoms with Crippen LogP contribution in [0, 0.1) is 5.41 Å². The highest BCUT2D eigenvalue weighted by Gasteiger charge is 2.44. The summed E-state index contributed by atoms with van der Waals surface area (Å²) in [5.41, 5.74) is -1.30. The van der Waals surface area contributed by atoms with Gasteiger partial charge in [-0.2, -0.15) is 0 Å². The molecule has 2 aromatic rings. The molecule has 0 bridgehead atoms. The maximum Gasteiger partial charge on any atom is 0.408 e. The molecule has 238 valence electrons. The molecule has 3 rings (SSSR count). The van der Waals surface area contributed by atoms with Crippen LogP contribution in [0.2, 0.25) is 0 Å². The fraction of sp³-hybridized carbons (Fsp3) is 0.576. The minimum absolute atomic E-state index is 0.177.